The zero-order valence-electron chi connectivity index (χ0n) is 61.7. The second kappa shape index (κ2) is 53.2. The van der Waals surface area contributed by atoms with Crippen molar-refractivity contribution in [2.24, 2.45) is 4.99 Å². The molecule has 6 fully saturated rings. The van der Waals surface area contributed by atoms with Crippen LogP contribution in [0.3, 0.4) is 0 Å². The van der Waals surface area contributed by atoms with E-state index in [2.05, 4.69) is 239 Å². The Morgan fingerprint density at radius 1 is 0.565 bits per heavy atom. The van der Waals surface area contributed by atoms with Crippen molar-refractivity contribution in [3.05, 3.63) is 171 Å². The number of sulfonamides is 1. The molecular weight excluding hydrogens is 2460 g/mol. The summed E-state index contributed by atoms with van der Waals surface area (Å²) in [5.41, 5.74) is 2.56. The van der Waals surface area contributed by atoms with Gasteiger partial charge in [-0.2, -0.15) is 11.2 Å². The van der Waals surface area contributed by atoms with E-state index < -0.39 is 30.2 Å². The normalized spacial score (nSPS) is 15.7. The fourth-order valence-electron chi connectivity index (χ4n) is 11.5. The standard InChI is InChI=1S/C22H25ClN2O3S.C21H30N2O3.C10H18N2O2.C10H11NO.C6H4Cl2O2S.C2H3I3.C2H4I.CH3I.CH4.3HI.2V/c23-19-10-12-20(13-11-19)29(27,28)25-15-14-22(25)16-24(17-22)21(26)9-5-4-8-18-6-2-1-3-7-18;1-20(2,3)26-19(25)23-14-13-21(23)15-22(16-21)18(24)12-8-7-11-17-9-5-4-6-10-17;1-9(2,3)14-8(13)12-5-4-10(12)6-11-7-10;12-9-11-8-4-7-10-5-2-1-3-6-10;7-5-1-3-6(4-2-5)11(8,9)10;1-2(3,4)5;1-2-3;1-2;;;;;;/h1-3,6-7,10-13H,4-5,8-9,14-17H2;4-6,9-10H,7-8,11-16H2,1-3H3;11H,4-7H2,1-3H3;1-3,5-6H,4,7-8H2;1-4H;1H3;2H,1H3;1H3;1H4;3*1H;;/q;;;;;;-1;;;;;;;+3/p-3. The molecule has 0 saturated carbocycles. The van der Waals surface area contributed by atoms with E-state index in [0.717, 1.165) is 96.8 Å². The maximum atomic E-state index is 12.9. The number of ether oxygens (including phenoxy) is 2. The molecule has 4 amide bonds. The molecule has 5 aromatic carbocycles. The maximum absolute atomic E-state index is 12.9. The van der Waals surface area contributed by atoms with Crippen LogP contribution < -0.4 is 5.32 Å². The molecule has 0 aliphatic carbocycles. The number of unbranched alkanes of at least 4 members (excludes halogenated alkanes) is 2. The minimum atomic E-state index is -3.61. The van der Waals surface area contributed by atoms with Gasteiger partial charge in [0.1, 0.15) is 10.6 Å². The predicted molar refractivity (Wildman–Crippen MR) is 503 cm³/mol. The molecule has 5 aromatic rings. The summed E-state index contributed by atoms with van der Waals surface area (Å²) in [5.74, 6) is 0.333. The number of isocyanates is 1. The van der Waals surface area contributed by atoms with Gasteiger partial charge in [0.2, 0.25) is 27.9 Å². The molecule has 6 aliphatic rings. The smallest absolute Gasteiger partial charge is 0 e. The van der Waals surface area contributed by atoms with Crippen LogP contribution >= 0.6 is 207 Å². The van der Waals surface area contributed by atoms with Crippen LogP contribution in [-0.4, -0.2) is 168 Å². The number of carbonyl (C=O) groups excluding carboxylic acids is 5. The number of nitrogens with zero attached hydrogens (tertiary/aromatic N) is 6. The van der Waals surface area contributed by atoms with Crippen LogP contribution in [0.5, 0.6) is 0 Å². The Bertz CT molecular complexity index is 3720. The Labute approximate surface area is 776 Å². The molecule has 1 radical (unpaired) electrons. The van der Waals surface area contributed by atoms with Gasteiger partial charge >= 0.3 is 77.0 Å². The van der Waals surface area contributed by atoms with E-state index in [-0.39, 0.29) is 81.4 Å². The third-order valence-corrected chi connectivity index (χ3v) is 20.8. The number of aliphatic imine (C=N–C) groups is 1. The molecule has 1 N–H and O–H groups in total. The largest absolute Gasteiger partial charge is 0 e. The summed E-state index contributed by atoms with van der Waals surface area (Å²) < 4.78 is 61.9. The van der Waals surface area contributed by atoms with Gasteiger partial charge in [0.25, 0.3) is 9.05 Å². The molecule has 603 valence electrons. The monoisotopic (exact) mass is 2560 g/mol. The number of alkyl halides is 4. The number of rotatable bonds is 17. The van der Waals surface area contributed by atoms with Gasteiger partial charge in [-0.15, -0.1) is 0 Å². The molecule has 3 spiro atoms. The molecule has 108 heavy (non-hydrogen) atoms. The molecular formula is C75H102Cl3I8N7O11S2V2-. The first-order valence-electron chi connectivity index (χ1n) is 34.2. The van der Waals surface area contributed by atoms with Crippen molar-refractivity contribution in [3.8, 4) is 0 Å². The number of halogens is 11. The first kappa shape index (κ1) is 107. The molecule has 0 unspecified atom stereocenters. The SMILES string of the molecule is C.CC(C)(C)OC(=O)N1CCC12CN(C(=O)CCCCc1ccccc1)C2.CC(C)(C)OC(=O)N1CCC12CNC2.CC(I)(I)I.CI.C[CH-]I.O=C(CCCCc1ccccc1)N1CC2(CCN2S(=O)(=O)c2ccc(Cl)cc2)C1.O=C=NCCCc1ccccc1.O=S(=O)(Cl)c1ccc(Cl)cc1.[I][V]([I])[I].[V]. The molecule has 0 bridgehead atoms. The maximum Gasteiger partial charge on any atom is 0 e. The number of nitrogens with one attached hydrogen (secondary N) is 1. The van der Waals surface area contributed by atoms with E-state index >= 15 is 0 Å². The number of hydrogen-bond donors (Lipinski definition) is 1. The number of aryl methyl sites for hydroxylation is 3. The molecule has 0 atom stereocenters. The average molecular weight is 2570 g/mol. The summed E-state index contributed by atoms with van der Waals surface area (Å²) in [5, 5.41) is 4.19. The first-order chi connectivity index (χ1) is 49.7. The fraction of sp³-hybridized carbons (Fsp3) is 0.520. The van der Waals surface area contributed by atoms with Crippen molar-refractivity contribution in [2.75, 3.05) is 70.4 Å². The van der Waals surface area contributed by atoms with Gasteiger partial charge in [-0.25, -0.2) is 36.2 Å². The van der Waals surface area contributed by atoms with Gasteiger partial charge in [0.15, 0.2) is 0 Å². The Balaban J connectivity index is 0.000000670. The third-order valence-electron chi connectivity index (χ3n) is 16.9. The quantitative estimate of drug-likeness (QED) is 0.0175. The van der Waals surface area contributed by atoms with E-state index in [1.807, 2.05) is 110 Å². The van der Waals surface area contributed by atoms with E-state index in [1.54, 1.807) is 26.2 Å². The molecule has 6 heterocycles. The van der Waals surface area contributed by atoms with Gasteiger partial charge < -0.3 is 47.2 Å². The van der Waals surface area contributed by atoms with E-state index in [4.69, 9.17) is 43.4 Å². The Morgan fingerprint density at radius 3 is 1.18 bits per heavy atom. The molecule has 6 aliphatic heterocycles. The molecule has 11 rings (SSSR count). The van der Waals surface area contributed by atoms with Crippen molar-refractivity contribution in [3.63, 3.8) is 0 Å². The number of likely N-dealkylation sites (tertiary alicyclic amines) is 4. The summed E-state index contributed by atoms with van der Waals surface area (Å²) in [7, 11) is -2.12. The number of carbonyl (C=O) groups is 4. The Kier molecular flexibility index (Phi) is 52.6. The van der Waals surface area contributed by atoms with E-state index in [1.165, 1.54) is 59.2 Å². The molecule has 0 aromatic heterocycles. The zero-order chi connectivity index (χ0) is 79.6. The van der Waals surface area contributed by atoms with Crippen LogP contribution in [0.25, 0.3) is 0 Å². The Hall–Kier alpha value is 0.659. The van der Waals surface area contributed by atoms with Crippen LogP contribution in [0.15, 0.2) is 154 Å². The first-order valence-corrected chi connectivity index (χ1v) is 58.9. The van der Waals surface area contributed by atoms with E-state index in [0.29, 0.717) is 61.6 Å². The summed E-state index contributed by atoms with van der Waals surface area (Å²) in [4.78, 5) is 71.4. The third kappa shape index (κ3) is 39.9. The summed E-state index contributed by atoms with van der Waals surface area (Å²) in [6, 6.07) is 42.7. The van der Waals surface area contributed by atoms with Crippen molar-refractivity contribution >= 4 is 256 Å². The van der Waals surface area contributed by atoms with Crippen molar-refractivity contribution in [1.82, 2.24) is 29.2 Å². The second-order valence-corrected chi connectivity index (χ2v) is 81.9. The second-order valence-electron chi connectivity index (χ2n) is 27.4. The van der Waals surface area contributed by atoms with Gasteiger partial charge in [-0.05, 0) is 189 Å². The van der Waals surface area contributed by atoms with Crippen LogP contribution in [0.2, 0.25) is 10.0 Å². The summed E-state index contributed by atoms with van der Waals surface area (Å²) >= 11 is 30.1. The predicted octanol–water partition coefficient (Wildman–Crippen LogP) is 21.4. The topological polar surface area (TPSA) is 213 Å². The minimum Gasteiger partial charge on any atom is 0 e. The molecule has 6 saturated heterocycles. The zero-order valence-corrected chi connectivity index (χ0v) is 85.6. The van der Waals surface area contributed by atoms with Gasteiger partial charge in [0.05, 0.1) is 33.0 Å². The van der Waals surface area contributed by atoms with Crippen molar-refractivity contribution < 1.29 is 73.8 Å². The minimum absolute atomic E-state index is 0. The number of hydrogen-bond acceptors (Lipinski definition) is 13. The summed E-state index contributed by atoms with van der Waals surface area (Å²) in [6.45, 7) is 22.3. The van der Waals surface area contributed by atoms with Crippen LogP contribution in [0.1, 0.15) is 144 Å². The van der Waals surface area contributed by atoms with Crippen molar-refractivity contribution in [2.45, 2.75) is 183 Å². The number of amides is 4. The van der Waals surface area contributed by atoms with Crippen LogP contribution in [0, 0.1) is 4.43 Å². The molecule has 18 nitrogen and oxygen atoms in total. The average Bonchev–Trinajstić information content (AvgIpc) is 0.721. The van der Waals surface area contributed by atoms with Gasteiger partial charge in [-0.3, -0.25) is 23.8 Å². The van der Waals surface area contributed by atoms with Crippen LogP contribution in [-0.2, 0) is 85.7 Å². The van der Waals surface area contributed by atoms with Crippen LogP contribution in [0.4, 0.5) is 9.59 Å². The Morgan fingerprint density at radius 2 is 0.889 bits per heavy atom. The fourth-order valence-corrected chi connectivity index (χ4v) is 14.3. The van der Waals surface area contributed by atoms with Crippen molar-refractivity contribution in [1.29, 1.82) is 0 Å². The summed E-state index contributed by atoms with van der Waals surface area (Å²) in [6.07, 6.45) is 12.8. The molecule has 33 heteroatoms. The van der Waals surface area contributed by atoms with Gasteiger partial charge in [-0.1, -0.05) is 212 Å². The van der Waals surface area contributed by atoms with E-state index in [9.17, 15) is 40.8 Å². The van der Waals surface area contributed by atoms with Gasteiger partial charge in [0, 0.05) is 111 Å². The number of benzene rings is 5.